The molecule has 1 aliphatic rings. The van der Waals surface area contributed by atoms with Crippen LogP contribution < -0.4 is 0 Å². The second-order valence-corrected chi connectivity index (χ2v) is 4.31. The fraction of sp³-hybridized carbons (Fsp3) is 0.917. The SMILES string of the molecule is CCN(CC)C(=O)N1CCCCC1CCO. The van der Waals surface area contributed by atoms with E-state index in [1.165, 1.54) is 6.42 Å². The quantitative estimate of drug-likeness (QED) is 0.795. The number of rotatable bonds is 4. The van der Waals surface area contributed by atoms with Gasteiger partial charge in [-0.15, -0.1) is 0 Å². The minimum Gasteiger partial charge on any atom is -0.396 e. The number of amides is 2. The van der Waals surface area contributed by atoms with E-state index in [0.717, 1.165) is 32.5 Å². The Morgan fingerprint density at radius 1 is 1.38 bits per heavy atom. The summed E-state index contributed by atoms with van der Waals surface area (Å²) in [4.78, 5) is 16.0. The molecule has 0 spiro atoms. The molecule has 0 saturated carbocycles. The van der Waals surface area contributed by atoms with Crippen molar-refractivity contribution in [3.8, 4) is 0 Å². The van der Waals surface area contributed by atoms with Crippen LogP contribution in [0.15, 0.2) is 0 Å². The third kappa shape index (κ3) is 3.11. The maximum Gasteiger partial charge on any atom is 0.320 e. The lowest BCUT2D eigenvalue weighted by Crippen LogP contribution is -2.50. The van der Waals surface area contributed by atoms with Crippen LogP contribution in [0.25, 0.3) is 0 Å². The van der Waals surface area contributed by atoms with Crippen LogP contribution in [0.3, 0.4) is 0 Å². The summed E-state index contributed by atoms with van der Waals surface area (Å²) in [7, 11) is 0. The van der Waals surface area contributed by atoms with Crippen LogP contribution in [-0.4, -0.2) is 53.2 Å². The molecule has 1 aliphatic heterocycles. The molecule has 1 saturated heterocycles. The van der Waals surface area contributed by atoms with Crippen molar-refractivity contribution >= 4 is 6.03 Å². The smallest absolute Gasteiger partial charge is 0.320 e. The maximum atomic E-state index is 12.2. The van der Waals surface area contributed by atoms with Crippen molar-refractivity contribution in [3.05, 3.63) is 0 Å². The van der Waals surface area contributed by atoms with Gasteiger partial charge in [-0.05, 0) is 39.5 Å². The van der Waals surface area contributed by atoms with Crippen LogP contribution in [0.5, 0.6) is 0 Å². The predicted molar refractivity (Wildman–Crippen MR) is 64.4 cm³/mol. The monoisotopic (exact) mass is 228 g/mol. The van der Waals surface area contributed by atoms with Crippen LogP contribution in [0.4, 0.5) is 4.79 Å². The highest BCUT2D eigenvalue weighted by molar-refractivity contribution is 5.74. The van der Waals surface area contributed by atoms with Gasteiger partial charge in [0.1, 0.15) is 0 Å². The number of nitrogens with zero attached hydrogens (tertiary/aromatic N) is 2. The van der Waals surface area contributed by atoms with Gasteiger partial charge in [-0.1, -0.05) is 0 Å². The van der Waals surface area contributed by atoms with E-state index in [1.807, 2.05) is 23.6 Å². The molecular weight excluding hydrogens is 204 g/mol. The van der Waals surface area contributed by atoms with Gasteiger partial charge in [-0.25, -0.2) is 4.79 Å². The van der Waals surface area contributed by atoms with E-state index in [0.29, 0.717) is 6.42 Å². The van der Waals surface area contributed by atoms with Gasteiger partial charge < -0.3 is 14.9 Å². The normalized spacial score (nSPS) is 20.9. The Hall–Kier alpha value is -0.770. The largest absolute Gasteiger partial charge is 0.396 e. The molecule has 16 heavy (non-hydrogen) atoms. The summed E-state index contributed by atoms with van der Waals surface area (Å²) in [6.45, 7) is 6.56. The number of carbonyl (C=O) groups excluding carboxylic acids is 1. The molecule has 0 aromatic heterocycles. The molecule has 0 radical (unpaired) electrons. The molecule has 0 bridgehead atoms. The second-order valence-electron chi connectivity index (χ2n) is 4.31. The van der Waals surface area contributed by atoms with E-state index < -0.39 is 0 Å². The Labute approximate surface area is 98.2 Å². The highest BCUT2D eigenvalue weighted by Crippen LogP contribution is 2.20. The maximum absolute atomic E-state index is 12.2. The van der Waals surface area contributed by atoms with E-state index in [-0.39, 0.29) is 18.7 Å². The molecule has 0 aromatic carbocycles. The highest BCUT2D eigenvalue weighted by Gasteiger charge is 2.28. The van der Waals surface area contributed by atoms with Crippen molar-refractivity contribution in [3.63, 3.8) is 0 Å². The Morgan fingerprint density at radius 2 is 2.06 bits per heavy atom. The summed E-state index contributed by atoms with van der Waals surface area (Å²) in [5.41, 5.74) is 0. The number of aliphatic hydroxyl groups is 1. The van der Waals surface area contributed by atoms with Crippen LogP contribution in [-0.2, 0) is 0 Å². The zero-order valence-corrected chi connectivity index (χ0v) is 10.5. The van der Waals surface area contributed by atoms with Crippen LogP contribution in [0.1, 0.15) is 39.5 Å². The topological polar surface area (TPSA) is 43.8 Å². The van der Waals surface area contributed by atoms with Crippen molar-refractivity contribution in [1.82, 2.24) is 9.80 Å². The summed E-state index contributed by atoms with van der Waals surface area (Å²) < 4.78 is 0. The molecule has 0 aliphatic carbocycles. The summed E-state index contributed by atoms with van der Waals surface area (Å²) in [5.74, 6) is 0. The van der Waals surface area contributed by atoms with Crippen LogP contribution in [0.2, 0.25) is 0 Å². The van der Waals surface area contributed by atoms with Gasteiger partial charge in [0.15, 0.2) is 0 Å². The van der Waals surface area contributed by atoms with Crippen molar-refractivity contribution in [2.24, 2.45) is 0 Å². The number of likely N-dealkylation sites (tertiary alicyclic amines) is 1. The molecule has 2 amide bonds. The van der Waals surface area contributed by atoms with Gasteiger partial charge in [-0.3, -0.25) is 0 Å². The van der Waals surface area contributed by atoms with Crippen molar-refractivity contribution in [1.29, 1.82) is 0 Å². The lowest BCUT2D eigenvalue weighted by molar-refractivity contribution is 0.105. The molecule has 4 nitrogen and oxygen atoms in total. The second kappa shape index (κ2) is 6.74. The van der Waals surface area contributed by atoms with Gasteiger partial charge in [0, 0.05) is 32.3 Å². The first-order chi connectivity index (χ1) is 7.74. The summed E-state index contributed by atoms with van der Waals surface area (Å²) in [5, 5.41) is 9.02. The van der Waals surface area contributed by atoms with E-state index in [1.54, 1.807) is 0 Å². The zero-order chi connectivity index (χ0) is 12.0. The average Bonchev–Trinajstić information content (AvgIpc) is 2.31. The van der Waals surface area contributed by atoms with E-state index in [2.05, 4.69) is 0 Å². The van der Waals surface area contributed by atoms with Gasteiger partial charge in [0.25, 0.3) is 0 Å². The number of hydrogen-bond acceptors (Lipinski definition) is 2. The molecule has 0 aromatic rings. The predicted octanol–water partition coefficient (Wildman–Crippen LogP) is 1.69. The fourth-order valence-corrected chi connectivity index (χ4v) is 2.38. The van der Waals surface area contributed by atoms with E-state index in [9.17, 15) is 4.79 Å². The Morgan fingerprint density at radius 3 is 2.62 bits per heavy atom. The molecule has 1 N–H and O–H groups in total. The van der Waals surface area contributed by atoms with E-state index in [4.69, 9.17) is 5.11 Å². The van der Waals surface area contributed by atoms with Gasteiger partial charge >= 0.3 is 6.03 Å². The number of piperidine rings is 1. The fourth-order valence-electron chi connectivity index (χ4n) is 2.38. The van der Waals surface area contributed by atoms with Gasteiger partial charge in [0.05, 0.1) is 0 Å². The third-order valence-corrected chi connectivity index (χ3v) is 3.37. The lowest BCUT2D eigenvalue weighted by Gasteiger charge is -2.38. The molecular formula is C12H24N2O2. The van der Waals surface area contributed by atoms with Gasteiger partial charge in [-0.2, -0.15) is 0 Å². The molecule has 1 atom stereocenters. The number of aliphatic hydroxyl groups excluding tert-OH is 1. The summed E-state index contributed by atoms with van der Waals surface area (Å²) in [6, 6.07) is 0.384. The molecule has 4 heteroatoms. The summed E-state index contributed by atoms with van der Waals surface area (Å²) in [6.07, 6.45) is 4.02. The zero-order valence-electron chi connectivity index (χ0n) is 10.5. The molecule has 1 rings (SSSR count). The number of urea groups is 1. The van der Waals surface area contributed by atoms with Gasteiger partial charge in [0.2, 0.25) is 0 Å². The van der Waals surface area contributed by atoms with E-state index >= 15 is 0 Å². The Balaban J connectivity index is 2.62. The van der Waals surface area contributed by atoms with Crippen LogP contribution >= 0.6 is 0 Å². The van der Waals surface area contributed by atoms with Crippen molar-refractivity contribution in [2.45, 2.75) is 45.6 Å². The molecule has 1 fully saturated rings. The molecule has 1 heterocycles. The first-order valence-corrected chi connectivity index (χ1v) is 6.41. The van der Waals surface area contributed by atoms with Crippen molar-refractivity contribution in [2.75, 3.05) is 26.2 Å². The third-order valence-electron chi connectivity index (χ3n) is 3.37. The average molecular weight is 228 g/mol. The lowest BCUT2D eigenvalue weighted by atomic mass is 10.00. The Bertz CT molecular complexity index is 215. The number of hydrogen-bond donors (Lipinski definition) is 1. The molecule has 1 unspecified atom stereocenters. The minimum atomic E-state index is 0.142. The van der Waals surface area contributed by atoms with Crippen LogP contribution in [0, 0.1) is 0 Å². The molecule has 94 valence electrons. The number of carbonyl (C=O) groups is 1. The Kier molecular flexibility index (Phi) is 5.60. The highest BCUT2D eigenvalue weighted by atomic mass is 16.3. The standard InChI is InChI=1S/C12H24N2O2/c1-3-13(4-2)12(16)14-9-6-5-7-11(14)8-10-15/h11,15H,3-10H2,1-2H3. The first kappa shape index (κ1) is 13.3. The summed E-state index contributed by atoms with van der Waals surface area (Å²) >= 11 is 0. The van der Waals surface area contributed by atoms with Crippen molar-refractivity contribution < 1.29 is 9.90 Å². The first-order valence-electron chi connectivity index (χ1n) is 6.41. The minimum absolute atomic E-state index is 0.142.